The largest absolute Gasteiger partial charge is 0.397 e. The number of rotatable bonds is 0. The van der Waals surface area contributed by atoms with E-state index in [0.717, 1.165) is 8.95 Å². The van der Waals surface area contributed by atoms with E-state index >= 15 is 0 Å². The van der Waals surface area contributed by atoms with E-state index in [1.54, 1.807) is 12.1 Å². The van der Waals surface area contributed by atoms with Crippen molar-refractivity contribution in [3.8, 4) is 0 Å². The van der Waals surface area contributed by atoms with Gasteiger partial charge in [-0.25, -0.2) is 0 Å². The molecule has 0 atom stereocenters. The van der Waals surface area contributed by atoms with Crippen molar-refractivity contribution in [2.75, 3.05) is 5.73 Å². The molecule has 0 spiro atoms. The Morgan fingerprint density at radius 1 is 1.17 bits per heavy atom. The number of nitrogens with two attached hydrogens (primary N) is 1. The zero-order valence-electron chi connectivity index (χ0n) is 6.87. The second-order valence-electron chi connectivity index (χ2n) is 1.78. The van der Waals surface area contributed by atoms with E-state index in [1.807, 2.05) is 13.8 Å². The van der Waals surface area contributed by atoms with Crippen LogP contribution in [0.4, 0.5) is 5.69 Å². The van der Waals surface area contributed by atoms with Crippen LogP contribution in [-0.4, -0.2) is 0 Å². The Labute approximate surface area is 94.5 Å². The van der Waals surface area contributed by atoms with Crippen LogP contribution >= 0.6 is 43.5 Å². The second kappa shape index (κ2) is 5.84. The van der Waals surface area contributed by atoms with Gasteiger partial charge in [0.05, 0.1) is 5.69 Å². The number of anilines is 1. The first kappa shape index (κ1) is 12.3. The molecule has 68 valence electrons. The van der Waals surface area contributed by atoms with Crippen LogP contribution in [0.3, 0.4) is 0 Å². The van der Waals surface area contributed by atoms with Crippen LogP contribution in [-0.2, 0) is 0 Å². The van der Waals surface area contributed by atoms with Gasteiger partial charge in [-0.05, 0) is 44.0 Å². The summed E-state index contributed by atoms with van der Waals surface area (Å²) in [5.74, 6) is 0. The zero-order valence-corrected chi connectivity index (χ0v) is 10.8. The molecule has 0 saturated heterocycles. The third-order valence-corrected chi connectivity index (χ3v) is 2.57. The molecule has 0 aliphatic heterocycles. The van der Waals surface area contributed by atoms with E-state index in [2.05, 4.69) is 31.9 Å². The summed E-state index contributed by atoms with van der Waals surface area (Å²) in [5.41, 5.74) is 6.27. The minimum absolute atomic E-state index is 0.660. The Morgan fingerprint density at radius 2 is 1.50 bits per heavy atom. The molecule has 0 unspecified atom stereocenters. The van der Waals surface area contributed by atoms with E-state index < -0.39 is 0 Å². The molecule has 1 aromatic rings. The van der Waals surface area contributed by atoms with Gasteiger partial charge < -0.3 is 5.73 Å². The SMILES string of the molecule is CC.Nc1c(Br)cc(Cl)cc1Br. The third kappa shape index (κ3) is 3.33. The first-order valence-electron chi connectivity index (χ1n) is 3.51. The molecule has 0 aromatic heterocycles. The van der Waals surface area contributed by atoms with Crippen molar-refractivity contribution in [3.05, 3.63) is 26.1 Å². The van der Waals surface area contributed by atoms with Gasteiger partial charge in [0.25, 0.3) is 0 Å². The molecule has 1 aromatic carbocycles. The average molecular weight is 315 g/mol. The summed E-state index contributed by atoms with van der Waals surface area (Å²) >= 11 is 12.2. The molecule has 0 heterocycles. The molecule has 0 saturated carbocycles. The highest BCUT2D eigenvalue weighted by Gasteiger charge is 2.01. The summed E-state index contributed by atoms with van der Waals surface area (Å²) in [7, 11) is 0. The summed E-state index contributed by atoms with van der Waals surface area (Å²) in [6, 6.07) is 3.50. The molecule has 1 rings (SSSR count). The predicted octanol–water partition coefficient (Wildman–Crippen LogP) is 4.47. The van der Waals surface area contributed by atoms with Gasteiger partial charge in [0, 0.05) is 14.0 Å². The standard InChI is InChI=1S/C6H4Br2ClN.C2H6/c7-4-1-3(9)2-5(8)6(4)10;1-2/h1-2H,10H2;1-2H3. The lowest BCUT2D eigenvalue weighted by Gasteiger charge is -2.00. The van der Waals surface area contributed by atoms with Gasteiger partial charge in [0.15, 0.2) is 0 Å². The fourth-order valence-electron chi connectivity index (χ4n) is 0.553. The first-order chi connectivity index (χ1) is 5.61. The third-order valence-electron chi connectivity index (χ3n) is 1.04. The molecule has 0 aliphatic rings. The van der Waals surface area contributed by atoms with Crippen molar-refractivity contribution < 1.29 is 0 Å². The lowest BCUT2D eigenvalue weighted by molar-refractivity contribution is 1.50. The summed E-state index contributed by atoms with van der Waals surface area (Å²) in [6.45, 7) is 4.00. The van der Waals surface area contributed by atoms with Crippen molar-refractivity contribution in [1.29, 1.82) is 0 Å². The second-order valence-corrected chi connectivity index (χ2v) is 3.93. The molecular weight excluding hydrogens is 305 g/mol. The Kier molecular flexibility index (Phi) is 5.97. The molecule has 4 heteroatoms. The molecule has 0 radical (unpaired) electrons. The van der Waals surface area contributed by atoms with Gasteiger partial charge in [0.1, 0.15) is 0 Å². The zero-order chi connectivity index (χ0) is 9.72. The first-order valence-corrected chi connectivity index (χ1v) is 5.47. The molecule has 0 amide bonds. The maximum absolute atomic E-state index is 5.71. The van der Waals surface area contributed by atoms with Gasteiger partial charge in [0.2, 0.25) is 0 Å². The van der Waals surface area contributed by atoms with E-state index in [4.69, 9.17) is 17.3 Å². The lowest BCUT2D eigenvalue weighted by atomic mass is 10.3. The van der Waals surface area contributed by atoms with Crippen LogP contribution < -0.4 is 5.73 Å². The van der Waals surface area contributed by atoms with Gasteiger partial charge >= 0.3 is 0 Å². The molecule has 0 fully saturated rings. The van der Waals surface area contributed by atoms with Gasteiger partial charge in [-0.1, -0.05) is 25.4 Å². The molecule has 0 bridgehead atoms. The van der Waals surface area contributed by atoms with Crippen molar-refractivity contribution in [1.82, 2.24) is 0 Å². The number of hydrogen-bond donors (Lipinski definition) is 1. The van der Waals surface area contributed by atoms with Crippen LogP contribution in [0.25, 0.3) is 0 Å². The fourth-order valence-corrected chi connectivity index (χ4v) is 2.22. The highest BCUT2D eigenvalue weighted by atomic mass is 79.9. The Bertz CT molecular complexity index is 240. The highest BCUT2D eigenvalue weighted by molar-refractivity contribution is 9.11. The topological polar surface area (TPSA) is 26.0 Å². The van der Waals surface area contributed by atoms with Crippen molar-refractivity contribution in [3.63, 3.8) is 0 Å². The quantitative estimate of drug-likeness (QED) is 0.702. The van der Waals surface area contributed by atoms with Crippen LogP contribution in [0.5, 0.6) is 0 Å². The molecule has 12 heavy (non-hydrogen) atoms. The van der Waals surface area contributed by atoms with Crippen LogP contribution in [0, 0.1) is 0 Å². The van der Waals surface area contributed by atoms with Gasteiger partial charge in [-0.2, -0.15) is 0 Å². The molecule has 2 N–H and O–H groups in total. The predicted molar refractivity (Wildman–Crippen MR) is 62.6 cm³/mol. The number of halogens is 3. The van der Waals surface area contributed by atoms with Gasteiger partial charge in [-0.15, -0.1) is 0 Å². The van der Waals surface area contributed by atoms with Crippen molar-refractivity contribution >= 4 is 49.1 Å². The number of benzene rings is 1. The van der Waals surface area contributed by atoms with E-state index in [0.29, 0.717) is 10.7 Å². The number of hydrogen-bond acceptors (Lipinski definition) is 1. The minimum Gasteiger partial charge on any atom is -0.397 e. The van der Waals surface area contributed by atoms with Crippen molar-refractivity contribution in [2.24, 2.45) is 0 Å². The van der Waals surface area contributed by atoms with Crippen molar-refractivity contribution in [2.45, 2.75) is 13.8 Å². The summed E-state index contributed by atoms with van der Waals surface area (Å²) in [6.07, 6.45) is 0. The van der Waals surface area contributed by atoms with Crippen LogP contribution in [0.15, 0.2) is 21.1 Å². The maximum atomic E-state index is 5.71. The minimum atomic E-state index is 0.660. The summed E-state index contributed by atoms with van der Waals surface area (Å²) < 4.78 is 1.62. The van der Waals surface area contributed by atoms with Gasteiger partial charge in [-0.3, -0.25) is 0 Å². The molecular formula is C8H10Br2ClN. The average Bonchev–Trinajstić information content (AvgIpc) is 2.04. The van der Waals surface area contributed by atoms with Crippen LogP contribution in [0.2, 0.25) is 5.02 Å². The monoisotopic (exact) mass is 313 g/mol. The smallest absolute Gasteiger partial charge is 0.0603 e. The molecule has 0 aliphatic carbocycles. The molecule has 1 nitrogen and oxygen atoms in total. The number of nitrogen functional groups attached to an aromatic ring is 1. The van der Waals surface area contributed by atoms with E-state index in [9.17, 15) is 0 Å². The fraction of sp³-hybridized carbons (Fsp3) is 0.250. The maximum Gasteiger partial charge on any atom is 0.0603 e. The Morgan fingerprint density at radius 3 is 1.83 bits per heavy atom. The summed E-state index contributed by atoms with van der Waals surface area (Å²) in [5, 5.41) is 0.660. The summed E-state index contributed by atoms with van der Waals surface area (Å²) in [4.78, 5) is 0. The Balaban J connectivity index is 0.000000561. The highest BCUT2D eigenvalue weighted by Crippen LogP contribution is 2.31. The van der Waals surface area contributed by atoms with E-state index in [-0.39, 0.29) is 0 Å². The van der Waals surface area contributed by atoms with Crippen LogP contribution in [0.1, 0.15) is 13.8 Å². The van der Waals surface area contributed by atoms with E-state index in [1.165, 1.54) is 0 Å². The Hall–Kier alpha value is 0.270. The normalized spacial score (nSPS) is 8.75. The lowest BCUT2D eigenvalue weighted by Crippen LogP contribution is -1.87.